The molecule has 3 heterocycles. The summed E-state index contributed by atoms with van der Waals surface area (Å²) in [5, 5.41) is 1.04. The van der Waals surface area contributed by atoms with Crippen LogP contribution in [0.1, 0.15) is 58.9 Å². The van der Waals surface area contributed by atoms with Crippen LogP contribution in [-0.2, 0) is 24.6 Å². The highest BCUT2D eigenvalue weighted by Gasteiger charge is 2.24. The quantitative estimate of drug-likeness (QED) is 0.481. The van der Waals surface area contributed by atoms with E-state index in [1.54, 1.807) is 0 Å². The third-order valence-corrected chi connectivity index (χ3v) is 7.51. The minimum absolute atomic E-state index is 0.147. The van der Waals surface area contributed by atoms with Crippen molar-refractivity contribution in [2.45, 2.75) is 52.0 Å². The van der Waals surface area contributed by atoms with Gasteiger partial charge in [-0.1, -0.05) is 31.2 Å². The molecule has 0 N–H and O–H groups in total. The second-order valence-electron chi connectivity index (χ2n) is 9.77. The number of aromatic nitrogens is 2. The van der Waals surface area contributed by atoms with E-state index in [1.807, 2.05) is 19.4 Å². The maximum atomic E-state index is 13.2. The fourth-order valence-corrected chi connectivity index (χ4v) is 5.53. The van der Waals surface area contributed by atoms with Crippen LogP contribution in [0.3, 0.4) is 0 Å². The first-order valence-corrected chi connectivity index (χ1v) is 12.6. The van der Waals surface area contributed by atoms with Gasteiger partial charge >= 0.3 is 0 Å². The fraction of sp³-hybridized carbons (Fsp3) is 0.448. The van der Waals surface area contributed by atoms with Gasteiger partial charge in [-0.15, -0.1) is 0 Å². The number of hydrogen-bond acceptors (Lipinski definition) is 4. The summed E-state index contributed by atoms with van der Waals surface area (Å²) in [6, 6.07) is 9.18. The van der Waals surface area contributed by atoms with Gasteiger partial charge in [-0.25, -0.2) is 0 Å². The van der Waals surface area contributed by atoms with Crippen LogP contribution >= 0.6 is 0 Å². The number of rotatable bonds is 6. The Kier molecular flexibility index (Phi) is 6.66. The number of carbonyl (C=O) groups is 1. The van der Waals surface area contributed by atoms with Gasteiger partial charge in [-0.05, 0) is 60.9 Å². The zero-order chi connectivity index (χ0) is 23.7. The summed E-state index contributed by atoms with van der Waals surface area (Å²) in [6.45, 7) is 8.07. The minimum atomic E-state index is 0.147. The van der Waals surface area contributed by atoms with Gasteiger partial charge in [0.2, 0.25) is 0 Å². The van der Waals surface area contributed by atoms with E-state index < -0.39 is 0 Å². The van der Waals surface area contributed by atoms with Gasteiger partial charge in [-0.2, -0.15) is 0 Å². The van der Waals surface area contributed by atoms with Crippen molar-refractivity contribution in [3.8, 4) is 0 Å². The number of carbonyl (C=O) groups excluding carboxylic acids is 1. The normalized spacial score (nSPS) is 19.4. The Morgan fingerprint density at radius 1 is 1.18 bits per heavy atom. The molecule has 1 aromatic carbocycles. The van der Waals surface area contributed by atoms with Crippen molar-refractivity contribution in [1.29, 1.82) is 0 Å². The highest BCUT2D eigenvalue weighted by atomic mass is 16.5. The average Bonchev–Trinajstić information content (AvgIpc) is 3.20. The van der Waals surface area contributed by atoms with Gasteiger partial charge in [0.05, 0.1) is 18.9 Å². The van der Waals surface area contributed by atoms with Gasteiger partial charge in [0.15, 0.2) is 5.78 Å². The molecule has 0 amide bonds. The van der Waals surface area contributed by atoms with E-state index >= 15 is 0 Å². The standard InChI is InChI=1S/C29H35N3O2/c1-4-21-5-10-25-26(19-31(3)27(25)16-21)28(33)17-22-15-20(2)29(30-18-22)23-6-8-24(9-7-23)32-11-13-34-14-12-32/h5-6,10,15-16,18-19,24H,4,7-9,11-14,17H2,1-3H3. The molecular weight excluding hydrogens is 422 g/mol. The molecule has 1 aliphatic heterocycles. The molecule has 1 unspecified atom stereocenters. The molecule has 0 spiro atoms. The smallest absolute Gasteiger partial charge is 0.169 e. The van der Waals surface area contributed by atoms with Gasteiger partial charge in [0.1, 0.15) is 0 Å². The van der Waals surface area contributed by atoms with Crippen molar-refractivity contribution in [2.24, 2.45) is 7.05 Å². The lowest BCUT2D eigenvalue weighted by atomic mass is 9.90. The number of pyridine rings is 1. The van der Waals surface area contributed by atoms with Gasteiger partial charge in [0, 0.05) is 61.5 Å². The summed E-state index contributed by atoms with van der Waals surface area (Å²) in [4.78, 5) is 20.6. The number of nitrogens with zero attached hydrogens (tertiary/aromatic N) is 3. The third-order valence-electron chi connectivity index (χ3n) is 7.51. The Morgan fingerprint density at radius 2 is 2.00 bits per heavy atom. The second kappa shape index (κ2) is 9.85. The SMILES string of the molecule is CCc1ccc2c(C(=O)Cc3cnc(C4=CCC(N5CCOCC5)CC4)c(C)c3)cn(C)c2c1. The molecule has 5 rings (SSSR count). The monoisotopic (exact) mass is 457 g/mol. The molecule has 1 aliphatic carbocycles. The third kappa shape index (κ3) is 4.59. The maximum absolute atomic E-state index is 13.2. The first-order valence-electron chi connectivity index (χ1n) is 12.6. The lowest BCUT2D eigenvalue weighted by Crippen LogP contribution is -2.43. The van der Waals surface area contributed by atoms with Crippen molar-refractivity contribution in [1.82, 2.24) is 14.5 Å². The molecule has 1 fully saturated rings. The number of benzene rings is 1. The number of fused-ring (bicyclic) bond motifs is 1. The molecule has 2 aliphatic rings. The van der Waals surface area contributed by atoms with E-state index in [4.69, 9.17) is 9.72 Å². The van der Waals surface area contributed by atoms with Crippen LogP contribution in [0.5, 0.6) is 0 Å². The van der Waals surface area contributed by atoms with Crippen LogP contribution in [0.4, 0.5) is 0 Å². The highest BCUT2D eigenvalue weighted by molar-refractivity contribution is 6.09. The number of ketones is 1. The molecular formula is C29H35N3O2. The Bertz CT molecular complexity index is 1230. The summed E-state index contributed by atoms with van der Waals surface area (Å²) in [5.41, 5.74) is 7.78. The summed E-state index contributed by atoms with van der Waals surface area (Å²) in [7, 11) is 2.01. The summed E-state index contributed by atoms with van der Waals surface area (Å²) in [6.07, 6.45) is 10.9. The Morgan fingerprint density at radius 3 is 2.71 bits per heavy atom. The lowest BCUT2D eigenvalue weighted by molar-refractivity contribution is 0.0150. The first kappa shape index (κ1) is 23.0. The van der Waals surface area contributed by atoms with Crippen LogP contribution in [0.15, 0.2) is 42.7 Å². The molecule has 3 aromatic rings. The van der Waals surface area contributed by atoms with Crippen molar-refractivity contribution >= 4 is 22.3 Å². The molecule has 1 atom stereocenters. The number of morpholine rings is 1. The Balaban J connectivity index is 1.29. The molecule has 0 saturated carbocycles. The van der Waals surface area contributed by atoms with E-state index in [0.717, 1.165) is 78.9 Å². The van der Waals surface area contributed by atoms with Crippen molar-refractivity contribution in [3.05, 3.63) is 70.7 Å². The van der Waals surface area contributed by atoms with Crippen LogP contribution < -0.4 is 0 Å². The zero-order valence-corrected chi connectivity index (χ0v) is 20.6. The lowest BCUT2D eigenvalue weighted by Gasteiger charge is -2.36. The molecule has 34 heavy (non-hydrogen) atoms. The van der Waals surface area contributed by atoms with Crippen molar-refractivity contribution < 1.29 is 9.53 Å². The average molecular weight is 458 g/mol. The molecule has 178 valence electrons. The van der Waals surface area contributed by atoms with Crippen molar-refractivity contribution in [2.75, 3.05) is 26.3 Å². The predicted molar refractivity (Wildman–Crippen MR) is 137 cm³/mol. The second-order valence-corrected chi connectivity index (χ2v) is 9.77. The van der Waals surface area contributed by atoms with Gasteiger partial charge in [-0.3, -0.25) is 14.7 Å². The van der Waals surface area contributed by atoms with E-state index in [1.165, 1.54) is 17.6 Å². The minimum Gasteiger partial charge on any atom is -0.379 e. The van der Waals surface area contributed by atoms with Crippen molar-refractivity contribution in [3.63, 3.8) is 0 Å². The number of ether oxygens (including phenoxy) is 1. The van der Waals surface area contributed by atoms with Crippen LogP contribution in [0, 0.1) is 6.92 Å². The van der Waals surface area contributed by atoms with Crippen LogP contribution in [0.2, 0.25) is 0 Å². The van der Waals surface area contributed by atoms with Crippen LogP contribution in [0.25, 0.3) is 16.5 Å². The highest BCUT2D eigenvalue weighted by Crippen LogP contribution is 2.31. The first-order chi connectivity index (χ1) is 16.5. The summed E-state index contributed by atoms with van der Waals surface area (Å²) < 4.78 is 7.57. The fourth-order valence-electron chi connectivity index (χ4n) is 5.53. The topological polar surface area (TPSA) is 47.4 Å². The Labute approximate surface area is 202 Å². The largest absolute Gasteiger partial charge is 0.379 e. The van der Waals surface area contributed by atoms with E-state index in [-0.39, 0.29) is 5.78 Å². The summed E-state index contributed by atoms with van der Waals surface area (Å²) in [5.74, 6) is 0.147. The van der Waals surface area contributed by atoms with Gasteiger partial charge < -0.3 is 9.30 Å². The van der Waals surface area contributed by atoms with E-state index in [0.29, 0.717) is 12.5 Å². The Hall–Kier alpha value is -2.76. The zero-order valence-electron chi connectivity index (χ0n) is 20.6. The molecule has 1 saturated heterocycles. The molecule has 0 radical (unpaired) electrons. The molecule has 5 nitrogen and oxygen atoms in total. The summed E-state index contributed by atoms with van der Waals surface area (Å²) >= 11 is 0. The molecule has 2 aromatic heterocycles. The molecule has 5 heteroatoms. The van der Waals surface area contributed by atoms with E-state index in [2.05, 4.69) is 53.7 Å². The van der Waals surface area contributed by atoms with E-state index in [9.17, 15) is 4.79 Å². The molecule has 0 bridgehead atoms. The van der Waals surface area contributed by atoms with Gasteiger partial charge in [0.25, 0.3) is 0 Å². The predicted octanol–water partition coefficient (Wildman–Crippen LogP) is 5.14. The maximum Gasteiger partial charge on any atom is 0.169 e. The number of Topliss-reactive ketones (excluding diaryl/α,β-unsaturated/α-hetero) is 1. The van der Waals surface area contributed by atoms with Crippen LogP contribution in [-0.4, -0.2) is 52.6 Å². The number of hydrogen-bond donors (Lipinski definition) is 0. The number of allylic oxidation sites excluding steroid dienone is 1. The number of aryl methyl sites for hydroxylation is 3.